The summed E-state index contributed by atoms with van der Waals surface area (Å²) in [5, 5.41) is 14.2. The molecule has 2 aromatic rings. The Balaban J connectivity index is 2.05. The number of tetrazole rings is 1. The Kier molecular flexibility index (Phi) is 3.14. The van der Waals surface area contributed by atoms with Gasteiger partial charge in [0.1, 0.15) is 0 Å². The maximum Gasteiger partial charge on any atom is 0.495 e. The van der Waals surface area contributed by atoms with E-state index >= 15 is 0 Å². The molecule has 2 heterocycles. The zero-order valence-electron chi connectivity index (χ0n) is 13.0. The molecule has 0 unspecified atom stereocenters. The fourth-order valence-electron chi connectivity index (χ4n) is 2.33. The van der Waals surface area contributed by atoms with E-state index < -0.39 is 7.12 Å². The summed E-state index contributed by atoms with van der Waals surface area (Å²) in [5.74, 6) is 0.541. The molecule has 0 atom stereocenters. The first kappa shape index (κ1) is 14.2. The molecule has 1 aromatic heterocycles. The van der Waals surface area contributed by atoms with Crippen LogP contribution in [0, 0.1) is 6.92 Å². The minimum atomic E-state index is -0.441. The molecule has 0 aliphatic carbocycles. The molecule has 1 N–H and O–H groups in total. The van der Waals surface area contributed by atoms with Crippen molar-refractivity contribution in [2.75, 3.05) is 0 Å². The normalized spacial score (nSPS) is 20.0. The number of nitrogens with one attached hydrogen (secondary N) is 1. The van der Waals surface area contributed by atoms with Gasteiger partial charge in [0.2, 0.25) is 5.82 Å². The highest BCUT2D eigenvalue weighted by atomic mass is 16.7. The van der Waals surface area contributed by atoms with E-state index in [1.807, 2.05) is 52.8 Å². The smallest absolute Gasteiger partial charge is 0.399 e. The van der Waals surface area contributed by atoms with Gasteiger partial charge in [0.15, 0.2) is 0 Å². The third kappa shape index (κ3) is 2.36. The van der Waals surface area contributed by atoms with Crippen LogP contribution in [0.5, 0.6) is 0 Å². The molecular weight excluding hydrogens is 267 g/mol. The number of aromatic nitrogens is 4. The lowest BCUT2D eigenvalue weighted by Crippen LogP contribution is -2.41. The summed E-state index contributed by atoms with van der Waals surface area (Å²) in [6.45, 7) is 10.2. The number of aromatic amines is 1. The standard InChI is InChI=1S/C14H19BN4O2/c1-9-6-7-10(12-16-18-19-17-12)11(8-9)15-20-13(2,3)14(4,5)21-15/h6-8H,1-5H3,(H,16,17,18,19). The highest BCUT2D eigenvalue weighted by Crippen LogP contribution is 2.37. The van der Waals surface area contributed by atoms with Crippen molar-refractivity contribution in [3.63, 3.8) is 0 Å². The fraction of sp³-hybridized carbons (Fsp3) is 0.500. The number of hydrogen-bond acceptors (Lipinski definition) is 5. The van der Waals surface area contributed by atoms with Crippen molar-refractivity contribution in [3.05, 3.63) is 23.8 Å². The van der Waals surface area contributed by atoms with Crippen molar-refractivity contribution in [1.82, 2.24) is 20.6 Å². The van der Waals surface area contributed by atoms with Crippen molar-refractivity contribution in [2.45, 2.75) is 45.8 Å². The molecule has 6 nitrogen and oxygen atoms in total. The van der Waals surface area contributed by atoms with Crippen LogP contribution in [0.25, 0.3) is 11.4 Å². The minimum Gasteiger partial charge on any atom is -0.399 e. The van der Waals surface area contributed by atoms with E-state index in [4.69, 9.17) is 9.31 Å². The Hall–Kier alpha value is -1.73. The summed E-state index contributed by atoms with van der Waals surface area (Å²) in [5.41, 5.74) is 2.17. The van der Waals surface area contributed by atoms with Crippen LogP contribution in [0.3, 0.4) is 0 Å². The van der Waals surface area contributed by atoms with Crippen LogP contribution in [0.4, 0.5) is 0 Å². The second-order valence-corrected chi connectivity index (χ2v) is 6.41. The molecule has 7 heteroatoms. The first-order valence-electron chi connectivity index (χ1n) is 7.00. The second kappa shape index (κ2) is 4.64. The van der Waals surface area contributed by atoms with Gasteiger partial charge in [-0.3, -0.25) is 0 Å². The summed E-state index contributed by atoms with van der Waals surface area (Å²) in [7, 11) is -0.441. The van der Waals surface area contributed by atoms with Gasteiger partial charge in [-0.25, -0.2) is 0 Å². The average molecular weight is 286 g/mol. The maximum absolute atomic E-state index is 6.14. The Morgan fingerprint density at radius 3 is 2.33 bits per heavy atom. The fourth-order valence-corrected chi connectivity index (χ4v) is 2.33. The summed E-state index contributed by atoms with van der Waals surface area (Å²) in [6.07, 6.45) is 0. The molecule has 1 aliphatic heterocycles. The average Bonchev–Trinajstić information content (AvgIpc) is 2.97. The van der Waals surface area contributed by atoms with Gasteiger partial charge in [0.25, 0.3) is 0 Å². The number of rotatable bonds is 2. The van der Waals surface area contributed by atoms with Crippen LogP contribution in [-0.4, -0.2) is 38.9 Å². The number of H-pyrrole nitrogens is 1. The zero-order chi connectivity index (χ0) is 15.3. The van der Waals surface area contributed by atoms with E-state index in [-0.39, 0.29) is 11.2 Å². The van der Waals surface area contributed by atoms with Crippen LogP contribution in [-0.2, 0) is 9.31 Å². The molecule has 1 fully saturated rings. The van der Waals surface area contributed by atoms with Crippen LogP contribution in [0.1, 0.15) is 33.3 Å². The highest BCUT2D eigenvalue weighted by molar-refractivity contribution is 6.63. The van der Waals surface area contributed by atoms with Crippen LogP contribution in [0.15, 0.2) is 18.2 Å². The Bertz CT molecular complexity index is 639. The Morgan fingerprint density at radius 1 is 1.10 bits per heavy atom. The number of hydrogen-bond donors (Lipinski definition) is 1. The summed E-state index contributed by atoms with van der Waals surface area (Å²) < 4.78 is 12.3. The summed E-state index contributed by atoms with van der Waals surface area (Å²) in [6, 6.07) is 6.04. The van der Waals surface area contributed by atoms with Crippen LogP contribution >= 0.6 is 0 Å². The predicted octanol–water partition coefficient (Wildman–Crippen LogP) is 1.47. The topological polar surface area (TPSA) is 72.9 Å². The lowest BCUT2D eigenvalue weighted by molar-refractivity contribution is 0.00578. The van der Waals surface area contributed by atoms with Gasteiger partial charge < -0.3 is 9.31 Å². The molecule has 21 heavy (non-hydrogen) atoms. The van der Waals surface area contributed by atoms with Gasteiger partial charge in [0, 0.05) is 5.56 Å². The van der Waals surface area contributed by atoms with Gasteiger partial charge in [0.05, 0.1) is 11.2 Å². The number of aryl methyl sites for hydroxylation is 1. The van der Waals surface area contributed by atoms with Crippen LogP contribution < -0.4 is 5.46 Å². The molecule has 1 aromatic carbocycles. The molecule has 0 spiro atoms. The van der Waals surface area contributed by atoms with Crippen molar-refractivity contribution in [3.8, 4) is 11.4 Å². The number of benzene rings is 1. The number of nitrogens with zero attached hydrogens (tertiary/aromatic N) is 3. The third-order valence-corrected chi connectivity index (χ3v) is 4.30. The van der Waals surface area contributed by atoms with E-state index in [1.165, 1.54) is 0 Å². The molecule has 110 valence electrons. The molecule has 3 rings (SSSR count). The molecule has 0 saturated carbocycles. The van der Waals surface area contributed by atoms with Gasteiger partial charge in [-0.05, 0) is 45.3 Å². The Morgan fingerprint density at radius 2 is 1.76 bits per heavy atom. The monoisotopic (exact) mass is 286 g/mol. The van der Waals surface area contributed by atoms with E-state index in [2.05, 4.69) is 20.6 Å². The van der Waals surface area contributed by atoms with Crippen LogP contribution in [0.2, 0.25) is 0 Å². The summed E-state index contributed by atoms with van der Waals surface area (Å²) >= 11 is 0. The third-order valence-electron chi connectivity index (χ3n) is 4.30. The molecular formula is C14H19BN4O2. The Labute approximate surface area is 124 Å². The minimum absolute atomic E-state index is 0.379. The first-order chi connectivity index (χ1) is 9.80. The van der Waals surface area contributed by atoms with Crippen molar-refractivity contribution in [1.29, 1.82) is 0 Å². The molecule has 0 radical (unpaired) electrons. The van der Waals surface area contributed by atoms with E-state index in [0.717, 1.165) is 16.6 Å². The zero-order valence-corrected chi connectivity index (χ0v) is 13.0. The van der Waals surface area contributed by atoms with Gasteiger partial charge in [-0.2, -0.15) is 5.21 Å². The molecule has 0 amide bonds. The molecule has 0 bridgehead atoms. The van der Waals surface area contributed by atoms with Crippen molar-refractivity contribution in [2.24, 2.45) is 0 Å². The lowest BCUT2D eigenvalue weighted by Gasteiger charge is -2.32. The van der Waals surface area contributed by atoms with Gasteiger partial charge >= 0.3 is 7.12 Å². The predicted molar refractivity (Wildman–Crippen MR) is 80.1 cm³/mol. The maximum atomic E-state index is 6.14. The van der Waals surface area contributed by atoms with E-state index in [0.29, 0.717) is 5.82 Å². The SMILES string of the molecule is Cc1ccc(-c2nn[nH]n2)c(B2OC(C)(C)C(C)(C)O2)c1. The molecule has 1 saturated heterocycles. The summed E-state index contributed by atoms with van der Waals surface area (Å²) in [4.78, 5) is 0. The van der Waals surface area contributed by atoms with Crippen molar-refractivity contribution >= 4 is 12.6 Å². The van der Waals surface area contributed by atoms with E-state index in [9.17, 15) is 0 Å². The second-order valence-electron chi connectivity index (χ2n) is 6.41. The largest absolute Gasteiger partial charge is 0.495 e. The van der Waals surface area contributed by atoms with Crippen molar-refractivity contribution < 1.29 is 9.31 Å². The lowest BCUT2D eigenvalue weighted by atomic mass is 9.75. The van der Waals surface area contributed by atoms with E-state index in [1.54, 1.807) is 0 Å². The first-order valence-corrected chi connectivity index (χ1v) is 7.00. The highest BCUT2D eigenvalue weighted by Gasteiger charge is 2.52. The quantitative estimate of drug-likeness (QED) is 0.846. The van der Waals surface area contributed by atoms with Gasteiger partial charge in [-0.15, -0.1) is 10.2 Å². The molecule has 1 aliphatic rings. The van der Waals surface area contributed by atoms with Gasteiger partial charge in [-0.1, -0.05) is 23.8 Å².